The van der Waals surface area contributed by atoms with Gasteiger partial charge in [-0.1, -0.05) is 37.0 Å². The van der Waals surface area contributed by atoms with Gasteiger partial charge >= 0.3 is 0 Å². The molecule has 1 saturated heterocycles. The number of fused-ring (bicyclic) bond motifs is 2. The standard InChI is InChI=1S/C14H15Cl2NO3/c1-8(2)7-17-12-9(3-4-10(15)11(12)16)14(13(17)18)19-5-6-20-14/h3-4,8H,5-7H2,1-2H3. The van der Waals surface area contributed by atoms with Gasteiger partial charge in [-0.3, -0.25) is 4.79 Å². The number of halogens is 2. The van der Waals surface area contributed by atoms with E-state index in [1.165, 1.54) is 0 Å². The molecule has 1 amide bonds. The molecule has 1 aromatic carbocycles. The van der Waals surface area contributed by atoms with Crippen molar-refractivity contribution in [1.82, 2.24) is 0 Å². The zero-order valence-electron chi connectivity index (χ0n) is 11.3. The number of anilines is 1. The number of hydrogen-bond acceptors (Lipinski definition) is 3. The lowest BCUT2D eigenvalue weighted by Crippen LogP contribution is -2.42. The van der Waals surface area contributed by atoms with Crippen molar-refractivity contribution in [2.45, 2.75) is 19.6 Å². The number of nitrogens with zero attached hydrogens (tertiary/aromatic N) is 1. The van der Waals surface area contributed by atoms with Crippen LogP contribution in [0.25, 0.3) is 0 Å². The van der Waals surface area contributed by atoms with Crippen molar-refractivity contribution in [2.24, 2.45) is 5.92 Å². The largest absolute Gasteiger partial charge is 0.336 e. The first-order valence-electron chi connectivity index (χ1n) is 6.55. The summed E-state index contributed by atoms with van der Waals surface area (Å²) in [5.41, 5.74) is 1.26. The molecular formula is C14H15Cl2NO3. The Kier molecular flexibility index (Phi) is 3.45. The van der Waals surface area contributed by atoms with E-state index in [1.54, 1.807) is 17.0 Å². The first-order chi connectivity index (χ1) is 9.47. The summed E-state index contributed by atoms with van der Waals surface area (Å²) in [6.45, 7) is 5.39. The summed E-state index contributed by atoms with van der Waals surface area (Å²) >= 11 is 12.4. The lowest BCUT2D eigenvalue weighted by atomic mass is 10.1. The first kappa shape index (κ1) is 14.1. The summed E-state index contributed by atoms with van der Waals surface area (Å²) < 4.78 is 11.3. The number of ether oxygens (including phenoxy) is 2. The fourth-order valence-electron chi connectivity index (χ4n) is 2.69. The second-order valence-electron chi connectivity index (χ2n) is 5.38. The summed E-state index contributed by atoms with van der Waals surface area (Å²) in [6.07, 6.45) is 0. The number of carbonyl (C=O) groups excluding carboxylic acids is 1. The molecule has 2 heterocycles. The molecule has 0 aliphatic carbocycles. The summed E-state index contributed by atoms with van der Waals surface area (Å²) in [7, 11) is 0. The Morgan fingerprint density at radius 3 is 2.55 bits per heavy atom. The molecule has 108 valence electrons. The number of amides is 1. The molecule has 6 heteroatoms. The maximum absolute atomic E-state index is 12.8. The van der Waals surface area contributed by atoms with Crippen LogP contribution in [0.1, 0.15) is 19.4 Å². The van der Waals surface area contributed by atoms with Crippen molar-refractivity contribution in [3.8, 4) is 0 Å². The van der Waals surface area contributed by atoms with Crippen LogP contribution in [0.3, 0.4) is 0 Å². The molecule has 0 N–H and O–H groups in total. The van der Waals surface area contributed by atoms with E-state index in [0.29, 0.717) is 47.0 Å². The highest BCUT2D eigenvalue weighted by atomic mass is 35.5. The van der Waals surface area contributed by atoms with Crippen molar-refractivity contribution in [3.05, 3.63) is 27.7 Å². The van der Waals surface area contributed by atoms with Crippen molar-refractivity contribution >= 4 is 34.8 Å². The molecule has 0 aromatic heterocycles. The van der Waals surface area contributed by atoms with Crippen LogP contribution in [-0.4, -0.2) is 25.7 Å². The van der Waals surface area contributed by atoms with Gasteiger partial charge in [-0.25, -0.2) is 0 Å². The van der Waals surface area contributed by atoms with E-state index in [9.17, 15) is 4.79 Å². The molecule has 3 rings (SSSR count). The van der Waals surface area contributed by atoms with Gasteiger partial charge in [0.05, 0.1) is 28.9 Å². The van der Waals surface area contributed by atoms with Crippen LogP contribution in [-0.2, 0) is 20.1 Å². The average molecular weight is 316 g/mol. The zero-order valence-corrected chi connectivity index (χ0v) is 12.8. The highest BCUT2D eigenvalue weighted by Gasteiger charge is 2.56. The second-order valence-corrected chi connectivity index (χ2v) is 6.17. The third-order valence-electron chi connectivity index (χ3n) is 3.46. The van der Waals surface area contributed by atoms with Gasteiger partial charge in [-0.05, 0) is 18.1 Å². The third-order valence-corrected chi connectivity index (χ3v) is 4.26. The van der Waals surface area contributed by atoms with Gasteiger partial charge in [-0.15, -0.1) is 0 Å². The Morgan fingerprint density at radius 2 is 1.95 bits per heavy atom. The van der Waals surface area contributed by atoms with E-state index in [-0.39, 0.29) is 5.91 Å². The highest BCUT2D eigenvalue weighted by Crippen LogP contribution is 2.50. The Balaban J connectivity index is 2.18. The number of rotatable bonds is 2. The van der Waals surface area contributed by atoms with Gasteiger partial charge in [0, 0.05) is 12.1 Å². The van der Waals surface area contributed by atoms with Gasteiger partial charge in [0.15, 0.2) is 0 Å². The summed E-state index contributed by atoms with van der Waals surface area (Å²) in [5.74, 6) is -1.26. The van der Waals surface area contributed by atoms with E-state index in [1.807, 2.05) is 13.8 Å². The smallest absolute Gasteiger partial charge is 0.292 e. The van der Waals surface area contributed by atoms with Gasteiger partial charge in [0.1, 0.15) is 0 Å². The molecular weight excluding hydrogens is 301 g/mol. The van der Waals surface area contributed by atoms with Gasteiger partial charge in [0.25, 0.3) is 11.7 Å². The summed E-state index contributed by atoms with van der Waals surface area (Å²) in [5, 5.41) is 0.788. The number of carbonyl (C=O) groups is 1. The fraction of sp³-hybridized carbons (Fsp3) is 0.500. The normalized spacial score (nSPS) is 20.2. The lowest BCUT2D eigenvalue weighted by Gasteiger charge is -2.23. The van der Waals surface area contributed by atoms with Crippen molar-refractivity contribution in [2.75, 3.05) is 24.7 Å². The van der Waals surface area contributed by atoms with Crippen molar-refractivity contribution in [1.29, 1.82) is 0 Å². The van der Waals surface area contributed by atoms with Crippen LogP contribution in [0.4, 0.5) is 5.69 Å². The van der Waals surface area contributed by atoms with E-state index >= 15 is 0 Å². The van der Waals surface area contributed by atoms with E-state index in [0.717, 1.165) is 0 Å². The highest BCUT2D eigenvalue weighted by molar-refractivity contribution is 6.44. The van der Waals surface area contributed by atoms with Crippen molar-refractivity contribution in [3.63, 3.8) is 0 Å². The predicted octanol–water partition coefficient (Wildman–Crippen LogP) is 3.20. The van der Waals surface area contributed by atoms with Gasteiger partial charge < -0.3 is 14.4 Å². The molecule has 0 saturated carbocycles. The minimum Gasteiger partial charge on any atom is -0.336 e. The molecule has 4 nitrogen and oxygen atoms in total. The van der Waals surface area contributed by atoms with Crippen LogP contribution in [0, 0.1) is 5.92 Å². The summed E-state index contributed by atoms with van der Waals surface area (Å²) in [6, 6.07) is 3.43. The van der Waals surface area contributed by atoms with Crippen LogP contribution in [0.5, 0.6) is 0 Å². The SMILES string of the molecule is CC(C)CN1C(=O)C2(OCCO2)c2ccc(Cl)c(Cl)c21. The Hall–Kier alpha value is -0.810. The predicted molar refractivity (Wildman–Crippen MR) is 77.2 cm³/mol. The Morgan fingerprint density at radius 1 is 1.30 bits per heavy atom. The molecule has 20 heavy (non-hydrogen) atoms. The molecule has 0 atom stereocenters. The first-order valence-corrected chi connectivity index (χ1v) is 7.31. The minimum atomic E-state index is -1.33. The molecule has 2 aliphatic heterocycles. The van der Waals surface area contributed by atoms with Gasteiger partial charge in [0.2, 0.25) is 0 Å². The second kappa shape index (κ2) is 4.88. The van der Waals surface area contributed by atoms with Crippen LogP contribution in [0.15, 0.2) is 12.1 Å². The molecule has 1 fully saturated rings. The molecule has 1 aromatic rings. The van der Waals surface area contributed by atoms with E-state index < -0.39 is 5.79 Å². The maximum Gasteiger partial charge on any atom is 0.292 e. The topological polar surface area (TPSA) is 38.8 Å². The molecule has 0 radical (unpaired) electrons. The third kappa shape index (κ3) is 1.86. The van der Waals surface area contributed by atoms with E-state index in [4.69, 9.17) is 32.7 Å². The molecule has 0 unspecified atom stereocenters. The summed E-state index contributed by atoms with van der Waals surface area (Å²) in [4.78, 5) is 14.4. The molecule has 2 aliphatic rings. The fourth-order valence-corrected chi connectivity index (χ4v) is 3.11. The molecule has 0 bridgehead atoms. The maximum atomic E-state index is 12.8. The Labute approximate surface area is 127 Å². The van der Waals surface area contributed by atoms with Crippen molar-refractivity contribution < 1.29 is 14.3 Å². The number of hydrogen-bond donors (Lipinski definition) is 0. The zero-order chi connectivity index (χ0) is 14.5. The quantitative estimate of drug-likeness (QED) is 0.841. The van der Waals surface area contributed by atoms with Gasteiger partial charge in [-0.2, -0.15) is 0 Å². The molecule has 1 spiro atoms. The van der Waals surface area contributed by atoms with Crippen LogP contribution in [0.2, 0.25) is 10.0 Å². The average Bonchev–Trinajstić information content (AvgIpc) is 2.95. The minimum absolute atomic E-state index is 0.220. The lowest BCUT2D eigenvalue weighted by molar-refractivity contribution is -0.180. The monoisotopic (exact) mass is 315 g/mol. The Bertz CT molecular complexity index is 568. The number of benzene rings is 1. The van der Waals surface area contributed by atoms with E-state index in [2.05, 4.69) is 0 Å². The van der Waals surface area contributed by atoms with Crippen LogP contribution >= 0.6 is 23.2 Å². The van der Waals surface area contributed by atoms with Crippen LogP contribution < -0.4 is 4.90 Å².